The van der Waals surface area contributed by atoms with Crippen LogP contribution in [0.25, 0.3) is 11.1 Å². The molecule has 168 valence electrons. The van der Waals surface area contributed by atoms with Gasteiger partial charge in [-0.3, -0.25) is 15.0 Å². The molecule has 0 bridgehead atoms. The van der Waals surface area contributed by atoms with Crippen LogP contribution in [-0.2, 0) is 19.1 Å². The minimum atomic E-state index is -1.71. The number of rotatable bonds is 4. The van der Waals surface area contributed by atoms with Crippen LogP contribution in [0.15, 0.2) is 48.5 Å². The maximum Gasteiger partial charge on any atom is 0.426 e. The first-order chi connectivity index (χ1) is 15.1. The molecule has 0 aliphatic heterocycles. The Morgan fingerprint density at radius 2 is 1.47 bits per heavy atom. The molecule has 2 aromatic rings. The van der Waals surface area contributed by atoms with Crippen molar-refractivity contribution >= 4 is 23.9 Å². The van der Waals surface area contributed by atoms with Crippen LogP contribution in [-0.4, -0.2) is 41.6 Å². The molecule has 0 aromatic heterocycles. The number of nitrogens with one attached hydrogen (secondary N) is 3. The lowest BCUT2D eigenvalue weighted by molar-refractivity contribution is -0.151. The Morgan fingerprint density at radius 3 is 1.97 bits per heavy atom. The molecule has 1 atom stereocenters. The molecule has 0 saturated carbocycles. The van der Waals surface area contributed by atoms with E-state index in [0.717, 1.165) is 22.3 Å². The number of hydrazine groups is 1. The van der Waals surface area contributed by atoms with Crippen molar-refractivity contribution in [2.75, 3.05) is 6.61 Å². The Hall–Kier alpha value is -3.88. The van der Waals surface area contributed by atoms with Gasteiger partial charge in [0.1, 0.15) is 12.6 Å². The Kier molecular flexibility index (Phi) is 6.47. The summed E-state index contributed by atoms with van der Waals surface area (Å²) in [5.74, 6) is -3.95. The maximum atomic E-state index is 12.5. The smallest absolute Gasteiger partial charge is 0.426 e. The monoisotopic (exact) mass is 439 g/mol. The lowest BCUT2D eigenvalue weighted by Crippen LogP contribution is -2.58. The standard InChI is InChI=1S/C23H25N3O6/c1-23(2,3)18(24-20(28)21(29)30)19(27)25-26-22(31)32-12-17-15-10-6-4-8-13(15)14-9-5-7-11-16(14)17/h4-11,17-18H,12H2,1-3H3,(H,24,28)(H,25,27)(H,26,31)(H,29,30). The van der Waals surface area contributed by atoms with Crippen molar-refractivity contribution in [2.24, 2.45) is 5.41 Å². The highest BCUT2D eigenvalue weighted by molar-refractivity contribution is 6.32. The van der Waals surface area contributed by atoms with Crippen molar-refractivity contribution in [1.29, 1.82) is 0 Å². The number of hydrogen-bond donors (Lipinski definition) is 4. The molecule has 0 spiro atoms. The molecule has 3 amide bonds. The third-order valence-corrected chi connectivity index (χ3v) is 5.23. The highest BCUT2D eigenvalue weighted by atomic mass is 16.6. The molecule has 32 heavy (non-hydrogen) atoms. The van der Waals surface area contributed by atoms with Crippen LogP contribution in [0.3, 0.4) is 0 Å². The van der Waals surface area contributed by atoms with E-state index >= 15 is 0 Å². The van der Waals surface area contributed by atoms with Crippen LogP contribution < -0.4 is 16.2 Å². The van der Waals surface area contributed by atoms with Crippen molar-refractivity contribution in [1.82, 2.24) is 16.2 Å². The Bertz CT molecular complexity index is 1010. The minimum Gasteiger partial charge on any atom is -0.474 e. The SMILES string of the molecule is CC(C)(C)C(NC(=O)C(=O)O)C(=O)NNC(=O)OCC1c2ccccc2-c2ccccc21. The largest absolute Gasteiger partial charge is 0.474 e. The molecule has 4 N–H and O–H groups in total. The predicted octanol–water partition coefficient (Wildman–Crippen LogP) is 2.17. The van der Waals surface area contributed by atoms with Crippen molar-refractivity contribution in [3.63, 3.8) is 0 Å². The molecule has 1 unspecified atom stereocenters. The number of fused-ring (bicyclic) bond motifs is 3. The fourth-order valence-electron chi connectivity index (χ4n) is 3.69. The first-order valence-corrected chi connectivity index (χ1v) is 10.0. The molecular formula is C23H25N3O6. The molecule has 0 saturated heterocycles. The first kappa shape index (κ1) is 22.8. The average molecular weight is 439 g/mol. The van der Waals surface area contributed by atoms with E-state index in [2.05, 4.69) is 16.2 Å². The quantitative estimate of drug-likeness (QED) is 0.426. The van der Waals surface area contributed by atoms with Crippen LogP contribution in [0.2, 0.25) is 0 Å². The van der Waals surface area contributed by atoms with Crippen molar-refractivity contribution < 1.29 is 29.0 Å². The molecule has 9 heteroatoms. The number of aliphatic carboxylic acids is 1. The minimum absolute atomic E-state index is 0.0637. The summed E-state index contributed by atoms with van der Waals surface area (Å²) in [7, 11) is 0. The lowest BCUT2D eigenvalue weighted by atomic mass is 9.86. The summed E-state index contributed by atoms with van der Waals surface area (Å²) in [5.41, 5.74) is 7.80. The zero-order valence-electron chi connectivity index (χ0n) is 18.0. The van der Waals surface area contributed by atoms with Gasteiger partial charge >= 0.3 is 18.0 Å². The summed E-state index contributed by atoms with van der Waals surface area (Å²) >= 11 is 0. The Morgan fingerprint density at radius 1 is 0.938 bits per heavy atom. The molecule has 0 fully saturated rings. The van der Waals surface area contributed by atoms with E-state index < -0.39 is 35.3 Å². The van der Waals surface area contributed by atoms with E-state index in [-0.39, 0.29) is 12.5 Å². The van der Waals surface area contributed by atoms with E-state index in [1.807, 2.05) is 48.5 Å². The Labute approximate surface area is 185 Å². The number of carboxylic acids is 1. The van der Waals surface area contributed by atoms with E-state index in [1.165, 1.54) is 0 Å². The van der Waals surface area contributed by atoms with E-state index in [9.17, 15) is 19.2 Å². The zero-order valence-corrected chi connectivity index (χ0v) is 18.0. The molecule has 3 rings (SSSR count). The van der Waals surface area contributed by atoms with Gasteiger partial charge in [0.15, 0.2) is 0 Å². The summed E-state index contributed by atoms with van der Waals surface area (Å²) in [6.45, 7) is 5.00. The normalized spacial score (nSPS) is 13.3. The number of hydrogen-bond acceptors (Lipinski definition) is 5. The van der Waals surface area contributed by atoms with Crippen LogP contribution in [0, 0.1) is 5.41 Å². The number of ether oxygens (including phenoxy) is 1. The van der Waals surface area contributed by atoms with Gasteiger partial charge in [-0.05, 0) is 27.7 Å². The summed E-state index contributed by atoms with van der Waals surface area (Å²) in [6.07, 6.45) is -0.877. The second kappa shape index (κ2) is 9.09. The van der Waals surface area contributed by atoms with Gasteiger partial charge in [-0.1, -0.05) is 69.3 Å². The summed E-state index contributed by atoms with van der Waals surface area (Å²) < 4.78 is 5.33. The van der Waals surface area contributed by atoms with E-state index in [1.54, 1.807) is 20.8 Å². The summed E-state index contributed by atoms with van der Waals surface area (Å²) in [6, 6.07) is 14.6. The highest BCUT2D eigenvalue weighted by Gasteiger charge is 2.35. The van der Waals surface area contributed by atoms with Crippen LogP contribution in [0.5, 0.6) is 0 Å². The lowest BCUT2D eigenvalue weighted by Gasteiger charge is -2.29. The molecule has 2 aromatic carbocycles. The Balaban J connectivity index is 1.60. The molecule has 0 heterocycles. The van der Waals surface area contributed by atoms with Crippen molar-refractivity contribution in [3.05, 3.63) is 59.7 Å². The number of amides is 3. The molecule has 1 aliphatic rings. The first-order valence-electron chi connectivity index (χ1n) is 10.0. The molecule has 0 radical (unpaired) electrons. The van der Waals surface area contributed by atoms with Gasteiger partial charge in [-0.2, -0.15) is 0 Å². The third-order valence-electron chi connectivity index (χ3n) is 5.23. The zero-order chi connectivity index (χ0) is 23.5. The average Bonchev–Trinajstić information content (AvgIpc) is 3.07. The fourth-order valence-corrected chi connectivity index (χ4v) is 3.69. The van der Waals surface area contributed by atoms with E-state index in [4.69, 9.17) is 9.84 Å². The van der Waals surface area contributed by atoms with Crippen LogP contribution in [0.1, 0.15) is 37.8 Å². The van der Waals surface area contributed by atoms with Gasteiger partial charge in [0.2, 0.25) is 0 Å². The van der Waals surface area contributed by atoms with Gasteiger partial charge < -0.3 is 15.2 Å². The number of benzene rings is 2. The van der Waals surface area contributed by atoms with Crippen molar-refractivity contribution in [3.8, 4) is 11.1 Å². The second-order valence-electron chi connectivity index (χ2n) is 8.52. The number of carboxylic acid groups (broad SMARTS) is 1. The van der Waals surface area contributed by atoms with Gasteiger partial charge in [-0.25, -0.2) is 15.0 Å². The molecule has 9 nitrogen and oxygen atoms in total. The van der Waals surface area contributed by atoms with Crippen molar-refractivity contribution in [2.45, 2.75) is 32.7 Å². The topological polar surface area (TPSA) is 134 Å². The van der Waals surface area contributed by atoms with Gasteiger partial charge in [0, 0.05) is 5.92 Å². The second-order valence-corrected chi connectivity index (χ2v) is 8.52. The van der Waals surface area contributed by atoms with Crippen LogP contribution in [0.4, 0.5) is 4.79 Å². The highest BCUT2D eigenvalue weighted by Crippen LogP contribution is 2.44. The number of carbonyl (C=O) groups excluding carboxylic acids is 3. The van der Waals surface area contributed by atoms with Gasteiger partial charge in [0.05, 0.1) is 0 Å². The summed E-state index contributed by atoms with van der Waals surface area (Å²) in [4.78, 5) is 46.9. The predicted molar refractivity (Wildman–Crippen MR) is 115 cm³/mol. The molecule has 1 aliphatic carbocycles. The fraction of sp³-hybridized carbons (Fsp3) is 0.304. The van der Waals surface area contributed by atoms with Crippen LogP contribution >= 0.6 is 0 Å². The summed E-state index contributed by atoms with van der Waals surface area (Å²) in [5, 5.41) is 10.9. The molecular weight excluding hydrogens is 414 g/mol. The van der Waals surface area contributed by atoms with E-state index in [0.29, 0.717) is 0 Å². The number of carbonyl (C=O) groups is 4. The third kappa shape index (κ3) is 4.88. The van der Waals surface area contributed by atoms with Gasteiger partial charge in [0.25, 0.3) is 5.91 Å². The maximum absolute atomic E-state index is 12.5. The van der Waals surface area contributed by atoms with Gasteiger partial charge in [-0.15, -0.1) is 0 Å².